The molecule has 0 radical (unpaired) electrons. The molecule has 0 aromatic heterocycles. The van der Waals surface area contributed by atoms with Gasteiger partial charge >= 0.3 is 0 Å². The fraction of sp³-hybridized carbons (Fsp3) is 1.00. The van der Waals surface area contributed by atoms with Gasteiger partial charge in [-0.1, -0.05) is 75.2 Å². The maximum Gasteiger partial charge on any atom is -0.0337 e. The standard InChI is InChI=1S/C19H40/c1-10-11-12-17(18(13(2)3)14(4)5)19(15(6)7)16(8)9/h13-19H,10-12H2,1-9H3. The van der Waals surface area contributed by atoms with Crippen molar-refractivity contribution in [1.82, 2.24) is 0 Å². The van der Waals surface area contributed by atoms with Crippen LogP contribution in [0.1, 0.15) is 81.6 Å². The van der Waals surface area contributed by atoms with Gasteiger partial charge in [0, 0.05) is 0 Å². The lowest BCUT2D eigenvalue weighted by Crippen LogP contribution is -2.36. The highest BCUT2D eigenvalue weighted by Crippen LogP contribution is 2.42. The van der Waals surface area contributed by atoms with Crippen LogP contribution < -0.4 is 0 Å². The summed E-state index contributed by atoms with van der Waals surface area (Å²) in [5.74, 6) is 5.88. The Balaban J connectivity index is 5.24. The van der Waals surface area contributed by atoms with E-state index in [4.69, 9.17) is 0 Å². The summed E-state index contributed by atoms with van der Waals surface area (Å²) in [5.41, 5.74) is 0. The molecule has 0 saturated heterocycles. The summed E-state index contributed by atoms with van der Waals surface area (Å²) in [5, 5.41) is 0. The van der Waals surface area contributed by atoms with E-state index >= 15 is 0 Å². The Hall–Kier alpha value is 0. The first-order valence-corrected chi connectivity index (χ1v) is 8.73. The van der Waals surface area contributed by atoms with Crippen LogP contribution in [0, 0.1) is 41.4 Å². The van der Waals surface area contributed by atoms with Crippen molar-refractivity contribution in [2.45, 2.75) is 81.6 Å². The largest absolute Gasteiger partial charge is 0.0654 e. The average Bonchev–Trinajstić information content (AvgIpc) is 2.23. The second kappa shape index (κ2) is 9.03. The summed E-state index contributed by atoms with van der Waals surface area (Å²) in [6.07, 6.45) is 4.16. The minimum atomic E-state index is 0.807. The van der Waals surface area contributed by atoms with Crippen molar-refractivity contribution >= 4 is 0 Å². The van der Waals surface area contributed by atoms with Gasteiger partial charge in [0.15, 0.2) is 0 Å². The third-order valence-corrected chi connectivity index (χ3v) is 4.96. The lowest BCUT2D eigenvalue weighted by molar-refractivity contribution is 0.0643. The molecule has 19 heavy (non-hydrogen) atoms. The van der Waals surface area contributed by atoms with Crippen LogP contribution in [-0.4, -0.2) is 0 Å². The molecule has 0 aliphatic heterocycles. The Kier molecular flexibility index (Phi) is 9.03. The maximum absolute atomic E-state index is 2.43. The van der Waals surface area contributed by atoms with Crippen LogP contribution >= 0.6 is 0 Å². The molecule has 0 fully saturated rings. The predicted octanol–water partition coefficient (Wildman–Crippen LogP) is 6.65. The monoisotopic (exact) mass is 268 g/mol. The van der Waals surface area contributed by atoms with E-state index < -0.39 is 0 Å². The molecule has 0 spiro atoms. The first kappa shape index (κ1) is 19.0. The van der Waals surface area contributed by atoms with Crippen molar-refractivity contribution in [1.29, 1.82) is 0 Å². The number of unbranched alkanes of at least 4 members (excludes halogenated alkanes) is 1. The molecule has 0 nitrogen and oxygen atoms in total. The lowest BCUT2D eigenvalue weighted by Gasteiger charge is -2.42. The second-order valence-corrected chi connectivity index (χ2v) is 7.94. The maximum atomic E-state index is 2.43. The summed E-state index contributed by atoms with van der Waals surface area (Å²) in [6, 6.07) is 0. The van der Waals surface area contributed by atoms with E-state index in [1.54, 1.807) is 0 Å². The summed E-state index contributed by atoms with van der Waals surface area (Å²) < 4.78 is 0. The zero-order valence-electron chi connectivity index (χ0n) is 15.2. The zero-order valence-corrected chi connectivity index (χ0v) is 15.2. The molecule has 0 saturated carbocycles. The van der Waals surface area contributed by atoms with Crippen molar-refractivity contribution in [2.75, 3.05) is 0 Å². The van der Waals surface area contributed by atoms with Gasteiger partial charge in [-0.2, -0.15) is 0 Å². The SMILES string of the molecule is CCCCC(C(C(C)C)C(C)C)C(C(C)C)C(C)C. The molecule has 0 aromatic carbocycles. The van der Waals surface area contributed by atoms with Gasteiger partial charge in [0.1, 0.15) is 0 Å². The molecule has 0 atom stereocenters. The molecule has 0 rings (SSSR count). The molecule has 0 unspecified atom stereocenters. The molecular formula is C19H40. The molecule has 0 amide bonds. The predicted molar refractivity (Wildman–Crippen MR) is 89.3 cm³/mol. The highest BCUT2D eigenvalue weighted by atomic mass is 14.4. The van der Waals surface area contributed by atoms with Crippen molar-refractivity contribution in [3.8, 4) is 0 Å². The van der Waals surface area contributed by atoms with Crippen LogP contribution in [0.3, 0.4) is 0 Å². The summed E-state index contributed by atoms with van der Waals surface area (Å²) >= 11 is 0. The van der Waals surface area contributed by atoms with Crippen LogP contribution in [-0.2, 0) is 0 Å². The van der Waals surface area contributed by atoms with Gasteiger partial charge < -0.3 is 0 Å². The molecule has 0 aliphatic rings. The van der Waals surface area contributed by atoms with Crippen LogP contribution in [0.25, 0.3) is 0 Å². The fourth-order valence-corrected chi connectivity index (χ4v) is 4.60. The van der Waals surface area contributed by atoms with Gasteiger partial charge in [-0.05, 0) is 47.8 Å². The summed E-state index contributed by atoms with van der Waals surface area (Å²) in [6.45, 7) is 21.8. The van der Waals surface area contributed by atoms with E-state index in [0.717, 1.165) is 41.4 Å². The molecule has 0 aromatic rings. The molecule has 0 aliphatic carbocycles. The highest BCUT2D eigenvalue weighted by molar-refractivity contribution is 4.84. The second-order valence-electron chi connectivity index (χ2n) is 7.94. The fourth-order valence-electron chi connectivity index (χ4n) is 4.60. The van der Waals surface area contributed by atoms with Crippen LogP contribution in [0.4, 0.5) is 0 Å². The van der Waals surface area contributed by atoms with E-state index in [1.165, 1.54) is 19.3 Å². The molecule has 0 heteroatoms. The molecule has 116 valence electrons. The number of hydrogen-bond donors (Lipinski definition) is 0. The topological polar surface area (TPSA) is 0 Å². The van der Waals surface area contributed by atoms with Gasteiger partial charge in [0.25, 0.3) is 0 Å². The van der Waals surface area contributed by atoms with Gasteiger partial charge in [-0.15, -0.1) is 0 Å². The van der Waals surface area contributed by atoms with Gasteiger partial charge in [-0.25, -0.2) is 0 Å². The van der Waals surface area contributed by atoms with Crippen molar-refractivity contribution in [2.24, 2.45) is 41.4 Å². The van der Waals surface area contributed by atoms with E-state index in [9.17, 15) is 0 Å². The van der Waals surface area contributed by atoms with E-state index in [1.807, 2.05) is 0 Å². The number of rotatable bonds is 9. The Bertz CT molecular complexity index is 176. The summed E-state index contributed by atoms with van der Waals surface area (Å²) in [4.78, 5) is 0. The number of hydrogen-bond acceptors (Lipinski definition) is 0. The first-order valence-electron chi connectivity index (χ1n) is 8.73. The Morgan fingerprint density at radius 1 is 0.579 bits per heavy atom. The average molecular weight is 269 g/mol. The normalized spacial score (nSPS) is 13.3. The molecule has 0 heterocycles. The zero-order chi connectivity index (χ0) is 15.2. The van der Waals surface area contributed by atoms with Crippen LogP contribution in [0.15, 0.2) is 0 Å². The third-order valence-electron chi connectivity index (χ3n) is 4.96. The quantitative estimate of drug-likeness (QED) is 0.439. The van der Waals surface area contributed by atoms with Crippen LogP contribution in [0.5, 0.6) is 0 Å². The lowest BCUT2D eigenvalue weighted by atomic mass is 9.63. The third kappa shape index (κ3) is 5.88. The van der Waals surface area contributed by atoms with Crippen molar-refractivity contribution in [3.05, 3.63) is 0 Å². The van der Waals surface area contributed by atoms with Crippen molar-refractivity contribution < 1.29 is 0 Å². The minimum absolute atomic E-state index is 0.807. The van der Waals surface area contributed by atoms with Gasteiger partial charge in [0.2, 0.25) is 0 Å². The minimum Gasteiger partial charge on any atom is -0.0654 e. The highest BCUT2D eigenvalue weighted by Gasteiger charge is 2.35. The van der Waals surface area contributed by atoms with E-state index in [2.05, 4.69) is 62.3 Å². The Morgan fingerprint density at radius 2 is 0.895 bits per heavy atom. The van der Waals surface area contributed by atoms with Crippen LogP contribution in [0.2, 0.25) is 0 Å². The molecule has 0 N–H and O–H groups in total. The van der Waals surface area contributed by atoms with E-state index in [-0.39, 0.29) is 0 Å². The Morgan fingerprint density at radius 3 is 1.11 bits per heavy atom. The van der Waals surface area contributed by atoms with E-state index in [0.29, 0.717) is 0 Å². The smallest absolute Gasteiger partial charge is 0.0337 e. The molecular weight excluding hydrogens is 228 g/mol. The van der Waals surface area contributed by atoms with Gasteiger partial charge in [-0.3, -0.25) is 0 Å². The summed E-state index contributed by atoms with van der Waals surface area (Å²) in [7, 11) is 0. The van der Waals surface area contributed by atoms with Gasteiger partial charge in [0.05, 0.1) is 0 Å². The molecule has 0 bridgehead atoms. The Labute approximate surface area is 123 Å². The first-order chi connectivity index (χ1) is 8.73. The van der Waals surface area contributed by atoms with Crippen molar-refractivity contribution in [3.63, 3.8) is 0 Å².